The summed E-state index contributed by atoms with van der Waals surface area (Å²) in [4.78, 5) is 14.2. The number of hydrogen-bond acceptors (Lipinski definition) is 4. The largest absolute Gasteiger partial charge is 0.489 e. The van der Waals surface area contributed by atoms with E-state index < -0.39 is 0 Å². The smallest absolute Gasteiger partial charge is 0.241 e. The topological polar surface area (TPSA) is 50.8 Å². The van der Waals surface area contributed by atoms with Gasteiger partial charge in [-0.1, -0.05) is 26.0 Å². The quantitative estimate of drug-likeness (QED) is 0.601. The molecule has 0 saturated heterocycles. The first-order chi connectivity index (χ1) is 11.2. The number of ether oxygens (including phenoxy) is 2. The second-order valence-corrected chi connectivity index (χ2v) is 5.28. The first kappa shape index (κ1) is 19.3. The number of para-hydroxylation sites is 2. The van der Waals surface area contributed by atoms with Crippen LogP contribution in [0.15, 0.2) is 24.3 Å². The van der Waals surface area contributed by atoms with Crippen molar-refractivity contribution in [3.8, 4) is 5.75 Å². The van der Waals surface area contributed by atoms with Gasteiger partial charge in [-0.2, -0.15) is 0 Å². The van der Waals surface area contributed by atoms with Crippen molar-refractivity contribution >= 4 is 11.6 Å². The third-order valence-electron chi connectivity index (χ3n) is 3.35. The van der Waals surface area contributed by atoms with Crippen molar-refractivity contribution in [2.45, 2.75) is 33.6 Å². The van der Waals surface area contributed by atoms with Crippen LogP contribution in [0.2, 0.25) is 0 Å². The van der Waals surface area contributed by atoms with E-state index >= 15 is 0 Å². The van der Waals surface area contributed by atoms with Crippen molar-refractivity contribution in [3.63, 3.8) is 0 Å². The van der Waals surface area contributed by atoms with Gasteiger partial charge in [0.15, 0.2) is 0 Å². The molecule has 1 aromatic carbocycles. The molecule has 0 heterocycles. The van der Waals surface area contributed by atoms with E-state index in [0.717, 1.165) is 37.4 Å². The van der Waals surface area contributed by atoms with Gasteiger partial charge in [-0.05, 0) is 31.9 Å². The predicted molar refractivity (Wildman–Crippen MR) is 94.1 cm³/mol. The van der Waals surface area contributed by atoms with Gasteiger partial charge in [0.05, 0.1) is 18.8 Å². The van der Waals surface area contributed by atoms with Crippen LogP contribution in [0.1, 0.15) is 33.6 Å². The lowest BCUT2D eigenvalue weighted by atomic mass is 10.3. The summed E-state index contributed by atoms with van der Waals surface area (Å²) in [5, 5.41) is 3.19. The summed E-state index contributed by atoms with van der Waals surface area (Å²) in [6, 6.07) is 7.67. The number of nitrogens with one attached hydrogen (secondary N) is 1. The highest BCUT2D eigenvalue weighted by Gasteiger charge is 2.12. The van der Waals surface area contributed by atoms with Crippen LogP contribution >= 0.6 is 0 Å². The molecule has 0 saturated carbocycles. The minimum Gasteiger partial charge on any atom is -0.489 e. The Bertz CT molecular complexity index is 446. The molecule has 0 aliphatic heterocycles. The van der Waals surface area contributed by atoms with E-state index in [1.165, 1.54) is 0 Å². The van der Waals surface area contributed by atoms with Crippen LogP contribution in [-0.2, 0) is 9.53 Å². The van der Waals surface area contributed by atoms with Crippen LogP contribution in [0.25, 0.3) is 0 Å². The zero-order chi connectivity index (χ0) is 16.9. The van der Waals surface area contributed by atoms with Crippen molar-refractivity contribution < 1.29 is 14.3 Å². The minimum absolute atomic E-state index is 0.123. The fourth-order valence-electron chi connectivity index (χ4n) is 2.28. The van der Waals surface area contributed by atoms with E-state index in [0.29, 0.717) is 19.8 Å². The lowest BCUT2D eigenvalue weighted by Crippen LogP contribution is -2.36. The second kappa shape index (κ2) is 11.8. The van der Waals surface area contributed by atoms with Crippen molar-refractivity contribution in [1.82, 2.24) is 4.90 Å². The van der Waals surface area contributed by atoms with Gasteiger partial charge in [-0.25, -0.2) is 0 Å². The van der Waals surface area contributed by atoms with Crippen LogP contribution in [-0.4, -0.2) is 50.3 Å². The Morgan fingerprint density at radius 1 is 1.09 bits per heavy atom. The Morgan fingerprint density at radius 2 is 1.78 bits per heavy atom. The van der Waals surface area contributed by atoms with E-state index in [9.17, 15) is 4.79 Å². The summed E-state index contributed by atoms with van der Waals surface area (Å²) in [7, 11) is 0. The summed E-state index contributed by atoms with van der Waals surface area (Å²) in [6.07, 6.45) is 1.95. The Morgan fingerprint density at radius 3 is 2.43 bits per heavy atom. The molecule has 0 aliphatic carbocycles. The molecular formula is C18H30N2O3. The Hall–Kier alpha value is -1.75. The monoisotopic (exact) mass is 322 g/mol. The van der Waals surface area contributed by atoms with Gasteiger partial charge in [0.2, 0.25) is 5.91 Å². The molecule has 0 aromatic heterocycles. The van der Waals surface area contributed by atoms with Crippen molar-refractivity contribution in [3.05, 3.63) is 24.3 Å². The molecule has 1 aromatic rings. The number of rotatable bonds is 12. The van der Waals surface area contributed by atoms with Gasteiger partial charge in [0.1, 0.15) is 12.4 Å². The highest BCUT2D eigenvalue weighted by atomic mass is 16.5. The third kappa shape index (κ3) is 7.37. The minimum atomic E-state index is 0.123. The normalized spacial score (nSPS) is 10.4. The molecule has 0 fully saturated rings. The maximum absolute atomic E-state index is 12.3. The van der Waals surface area contributed by atoms with Gasteiger partial charge in [-0.3, -0.25) is 4.79 Å². The number of carbonyl (C=O) groups excluding carboxylic acids is 1. The van der Waals surface area contributed by atoms with Crippen molar-refractivity contribution in [2.75, 3.05) is 44.8 Å². The van der Waals surface area contributed by atoms with E-state index in [1.807, 2.05) is 36.1 Å². The number of benzene rings is 1. The van der Waals surface area contributed by atoms with E-state index in [4.69, 9.17) is 9.47 Å². The molecule has 5 nitrogen and oxygen atoms in total. The van der Waals surface area contributed by atoms with Gasteiger partial charge >= 0.3 is 0 Å². The highest BCUT2D eigenvalue weighted by Crippen LogP contribution is 2.23. The summed E-state index contributed by atoms with van der Waals surface area (Å²) in [5.74, 6) is 0.871. The van der Waals surface area contributed by atoms with Gasteiger partial charge in [0, 0.05) is 19.7 Å². The summed E-state index contributed by atoms with van der Waals surface area (Å²) >= 11 is 0. The maximum Gasteiger partial charge on any atom is 0.241 e. The van der Waals surface area contributed by atoms with E-state index in [-0.39, 0.29) is 12.5 Å². The molecule has 23 heavy (non-hydrogen) atoms. The average molecular weight is 322 g/mol. The van der Waals surface area contributed by atoms with Gasteiger partial charge in [-0.15, -0.1) is 0 Å². The zero-order valence-electron chi connectivity index (χ0n) is 14.6. The second-order valence-electron chi connectivity index (χ2n) is 5.28. The van der Waals surface area contributed by atoms with Gasteiger partial charge in [0.25, 0.3) is 0 Å². The standard InChI is InChI=1S/C18H30N2O3/c1-4-11-20(12-5-2)18(21)15-19-16-9-7-8-10-17(16)23-14-13-22-6-3/h7-10,19H,4-6,11-15H2,1-3H3. The SMILES string of the molecule is CCCN(CCC)C(=O)CNc1ccccc1OCCOCC. The molecule has 1 N–H and O–H groups in total. The number of hydrogen-bond donors (Lipinski definition) is 1. The predicted octanol–water partition coefficient (Wildman–Crippen LogP) is 3.16. The summed E-state index contributed by atoms with van der Waals surface area (Å²) < 4.78 is 11.0. The molecule has 1 rings (SSSR count). The summed E-state index contributed by atoms with van der Waals surface area (Å²) in [5.41, 5.74) is 0.838. The average Bonchev–Trinajstić information content (AvgIpc) is 2.57. The number of anilines is 1. The molecule has 130 valence electrons. The van der Waals surface area contributed by atoms with Crippen LogP contribution in [0, 0.1) is 0 Å². The molecule has 0 atom stereocenters. The Kier molecular flexibility index (Phi) is 9.87. The fourth-order valence-corrected chi connectivity index (χ4v) is 2.28. The van der Waals surface area contributed by atoms with E-state index in [2.05, 4.69) is 19.2 Å². The van der Waals surface area contributed by atoms with Crippen molar-refractivity contribution in [1.29, 1.82) is 0 Å². The summed E-state index contributed by atoms with van der Waals surface area (Å²) in [6.45, 7) is 9.77. The molecule has 0 spiro atoms. The fraction of sp³-hybridized carbons (Fsp3) is 0.611. The molecule has 1 amide bonds. The lowest BCUT2D eigenvalue weighted by molar-refractivity contribution is -0.129. The first-order valence-electron chi connectivity index (χ1n) is 8.54. The molecule has 0 unspecified atom stereocenters. The number of amides is 1. The molecule has 5 heteroatoms. The van der Waals surface area contributed by atoms with Crippen LogP contribution in [0.3, 0.4) is 0 Å². The van der Waals surface area contributed by atoms with Crippen molar-refractivity contribution in [2.24, 2.45) is 0 Å². The highest BCUT2D eigenvalue weighted by molar-refractivity contribution is 5.81. The van der Waals surface area contributed by atoms with E-state index in [1.54, 1.807) is 0 Å². The zero-order valence-corrected chi connectivity index (χ0v) is 14.6. The van der Waals surface area contributed by atoms with Gasteiger partial charge < -0.3 is 19.7 Å². The molecule has 0 radical (unpaired) electrons. The lowest BCUT2D eigenvalue weighted by Gasteiger charge is -2.22. The van der Waals surface area contributed by atoms with Crippen LogP contribution in [0.5, 0.6) is 5.75 Å². The number of nitrogens with zero attached hydrogens (tertiary/aromatic N) is 1. The molecule has 0 aliphatic rings. The first-order valence-corrected chi connectivity index (χ1v) is 8.54. The Balaban J connectivity index is 2.54. The Labute approximate surface area is 140 Å². The molecule has 0 bridgehead atoms. The molecular weight excluding hydrogens is 292 g/mol. The maximum atomic E-state index is 12.3. The van der Waals surface area contributed by atoms with Crippen LogP contribution < -0.4 is 10.1 Å². The third-order valence-corrected chi connectivity index (χ3v) is 3.35. The number of carbonyl (C=O) groups is 1. The van der Waals surface area contributed by atoms with Crippen LogP contribution in [0.4, 0.5) is 5.69 Å².